The summed E-state index contributed by atoms with van der Waals surface area (Å²) in [5.74, 6) is 8.43. The number of hydrogen-bond acceptors (Lipinski definition) is 6. The van der Waals surface area contributed by atoms with Gasteiger partial charge in [-0.1, -0.05) is 7.43 Å². The zero-order valence-electron chi connectivity index (χ0n) is 15.1. The van der Waals surface area contributed by atoms with Gasteiger partial charge in [0, 0.05) is 23.6 Å². The van der Waals surface area contributed by atoms with Crippen LogP contribution < -0.4 is 17.2 Å². The van der Waals surface area contributed by atoms with Gasteiger partial charge in [-0.05, 0) is 46.5 Å². The summed E-state index contributed by atoms with van der Waals surface area (Å²) in [4.78, 5) is 32.9. The van der Waals surface area contributed by atoms with Gasteiger partial charge in [-0.2, -0.15) is 0 Å². The first-order chi connectivity index (χ1) is 11.2. The summed E-state index contributed by atoms with van der Waals surface area (Å²) in [7, 11) is 0. The van der Waals surface area contributed by atoms with Crippen molar-refractivity contribution in [2.75, 3.05) is 0 Å². The van der Waals surface area contributed by atoms with E-state index in [0.29, 0.717) is 5.92 Å². The second kappa shape index (κ2) is 11.6. The van der Waals surface area contributed by atoms with E-state index in [1.54, 1.807) is 26.8 Å². The van der Waals surface area contributed by atoms with Crippen molar-refractivity contribution in [3.05, 3.63) is 22.1 Å². The van der Waals surface area contributed by atoms with Gasteiger partial charge in [-0.25, -0.2) is 0 Å². The molecule has 0 aromatic carbocycles. The second-order valence-electron chi connectivity index (χ2n) is 6.99. The van der Waals surface area contributed by atoms with Gasteiger partial charge in [0.25, 0.3) is 5.56 Å². The van der Waals surface area contributed by atoms with Crippen LogP contribution in [0.4, 0.5) is 0 Å². The number of hydrogen-bond donors (Lipinski definition) is 4. The van der Waals surface area contributed by atoms with Crippen LogP contribution in [-0.4, -0.2) is 33.0 Å². The highest BCUT2D eigenvalue weighted by molar-refractivity contribution is 5.97. The van der Waals surface area contributed by atoms with Crippen molar-refractivity contribution in [3.63, 3.8) is 0 Å². The monoisotopic (exact) mass is 374 g/mol. The van der Waals surface area contributed by atoms with Crippen LogP contribution in [0.3, 0.4) is 0 Å². The smallest absolute Gasteiger partial charge is 0.313 e. The first kappa shape index (κ1) is 26.3. The molecule has 1 heterocycles. The van der Waals surface area contributed by atoms with Crippen LogP contribution in [0.1, 0.15) is 71.9 Å². The maximum absolute atomic E-state index is 11.2. The van der Waals surface area contributed by atoms with Crippen LogP contribution >= 0.6 is 0 Å². The quantitative estimate of drug-likeness (QED) is 0.263. The molecule has 0 amide bonds. The fourth-order valence-corrected chi connectivity index (χ4v) is 2.03. The van der Waals surface area contributed by atoms with E-state index in [1.165, 1.54) is 12.8 Å². The highest BCUT2D eigenvalue weighted by Crippen LogP contribution is 2.38. The molecule has 9 nitrogen and oxygen atoms in total. The molecule has 2 saturated carbocycles. The van der Waals surface area contributed by atoms with Crippen molar-refractivity contribution in [3.8, 4) is 0 Å². The van der Waals surface area contributed by atoms with Crippen molar-refractivity contribution in [1.29, 1.82) is 0 Å². The van der Waals surface area contributed by atoms with Crippen molar-refractivity contribution >= 4 is 11.8 Å². The van der Waals surface area contributed by atoms with E-state index in [9.17, 15) is 14.4 Å². The lowest BCUT2D eigenvalue weighted by molar-refractivity contribution is -0.156. The number of carbonyl (C=O) groups excluding carboxylic acids is 2. The van der Waals surface area contributed by atoms with E-state index in [0.717, 1.165) is 18.5 Å². The number of Topliss-reactive ketones (excluding diaryl/α,β-unsaturated/α-hetero) is 1. The number of ketones is 1. The molecule has 0 spiro atoms. The molecule has 152 valence electrons. The molecule has 2 fully saturated rings. The molecule has 0 unspecified atom stereocenters. The minimum Gasteiger partial charge on any atom is -0.460 e. The van der Waals surface area contributed by atoms with Crippen molar-refractivity contribution in [2.24, 2.45) is 17.6 Å². The largest absolute Gasteiger partial charge is 0.460 e. The van der Waals surface area contributed by atoms with Gasteiger partial charge in [0.2, 0.25) is 0 Å². The maximum atomic E-state index is 11.2. The van der Waals surface area contributed by atoms with Gasteiger partial charge >= 0.3 is 5.97 Å². The highest BCUT2D eigenvalue weighted by Gasteiger charge is 2.31. The minimum absolute atomic E-state index is 0. The van der Waals surface area contributed by atoms with Gasteiger partial charge in [0.15, 0.2) is 0 Å². The Morgan fingerprint density at radius 2 is 1.69 bits per heavy atom. The summed E-state index contributed by atoms with van der Waals surface area (Å²) in [5.41, 5.74) is 0.567. The molecule has 1 aromatic rings. The Morgan fingerprint density at radius 1 is 1.15 bits per heavy atom. The first-order valence-corrected chi connectivity index (χ1v) is 8.10. The molecule has 0 saturated heterocycles. The van der Waals surface area contributed by atoms with Crippen molar-refractivity contribution in [1.82, 2.24) is 10.2 Å². The van der Waals surface area contributed by atoms with Gasteiger partial charge in [0.05, 0.1) is 0 Å². The molecular weight excluding hydrogens is 340 g/mol. The maximum Gasteiger partial charge on any atom is 0.313 e. The van der Waals surface area contributed by atoms with Crippen LogP contribution in [0.25, 0.3) is 0 Å². The topological polar surface area (TPSA) is 176 Å². The highest BCUT2D eigenvalue weighted by atomic mass is 16.6. The van der Waals surface area contributed by atoms with Gasteiger partial charge in [-0.15, -0.1) is 0 Å². The summed E-state index contributed by atoms with van der Waals surface area (Å²) in [6.45, 7) is 5.39. The third-order valence-corrected chi connectivity index (χ3v) is 3.41. The second-order valence-corrected chi connectivity index (χ2v) is 6.99. The molecule has 8 N–H and O–H groups in total. The van der Waals surface area contributed by atoms with Crippen LogP contribution in [-0.2, 0) is 14.3 Å². The van der Waals surface area contributed by atoms with Gasteiger partial charge < -0.3 is 15.3 Å². The van der Waals surface area contributed by atoms with Crippen LogP contribution in [0, 0.1) is 5.92 Å². The Bertz CT molecular complexity index is 595. The Kier molecular flexibility index (Phi) is 11.7. The Balaban J connectivity index is 0. The molecule has 9 heteroatoms. The normalized spacial score (nSPS) is 15.0. The summed E-state index contributed by atoms with van der Waals surface area (Å²) in [6.07, 6.45) is 4.30. The third-order valence-electron chi connectivity index (χ3n) is 3.41. The molecule has 0 radical (unpaired) electrons. The minimum atomic E-state index is -0.485. The molecular formula is C17H34N4O5. The van der Waals surface area contributed by atoms with Crippen molar-refractivity contribution < 1.29 is 19.8 Å². The van der Waals surface area contributed by atoms with E-state index >= 15 is 0 Å². The van der Waals surface area contributed by atoms with Crippen LogP contribution in [0.2, 0.25) is 0 Å². The van der Waals surface area contributed by atoms with E-state index in [1.807, 2.05) is 0 Å². The average Bonchev–Trinajstić information content (AvgIpc) is 3.38. The molecule has 0 aliphatic heterocycles. The Hall–Kier alpha value is -1.97. The Labute approximate surface area is 154 Å². The van der Waals surface area contributed by atoms with Gasteiger partial charge in [0.1, 0.15) is 17.8 Å². The molecule has 1 aromatic heterocycles. The number of rotatable bonds is 4. The van der Waals surface area contributed by atoms with Crippen molar-refractivity contribution in [2.45, 2.75) is 71.8 Å². The lowest BCUT2D eigenvalue weighted by Gasteiger charge is -2.19. The van der Waals surface area contributed by atoms with E-state index in [4.69, 9.17) is 4.74 Å². The number of nitrogens with one attached hydrogen (secondary N) is 2. The fraction of sp³-hybridized carbons (Fsp3) is 0.706. The lowest BCUT2D eigenvalue weighted by Crippen LogP contribution is -2.25. The molecule has 0 atom stereocenters. The zero-order chi connectivity index (χ0) is 18.3. The van der Waals surface area contributed by atoms with Gasteiger partial charge in [-0.3, -0.25) is 31.2 Å². The average molecular weight is 374 g/mol. The summed E-state index contributed by atoms with van der Waals surface area (Å²) in [6, 6.07) is 1.64. The van der Waals surface area contributed by atoms with Crippen LogP contribution in [0.15, 0.2) is 10.9 Å². The van der Waals surface area contributed by atoms with E-state index < -0.39 is 11.6 Å². The number of aromatic amines is 2. The number of ether oxygens (including phenoxy) is 1. The fourth-order valence-electron chi connectivity index (χ4n) is 2.03. The molecule has 2 aliphatic carbocycles. The molecule has 2 aliphatic rings. The number of nitrogens with two attached hydrogens (primary N) is 2. The molecule has 26 heavy (non-hydrogen) atoms. The first-order valence-electron chi connectivity index (χ1n) is 8.10. The number of carbonyl (C=O) groups is 2. The Morgan fingerprint density at radius 3 is 2.04 bits per heavy atom. The molecule has 3 rings (SSSR count). The standard InChI is InChI=1S/C10H16O3.C6H8N2O.CH4.H4N2.H2O/c1-10(2,3)13-9(12)6-8(11)7-4-5-7;9-6-3-5(7-8-6)4-1-2-4;;1-2;/h7H,4-6H2,1-3H3;3-4H,1-2H2,(H2,7,8,9);1H4;1-2H2;1H2. The van der Waals surface area contributed by atoms with Crippen LogP contribution in [0.5, 0.6) is 0 Å². The summed E-state index contributed by atoms with van der Waals surface area (Å²) < 4.78 is 5.03. The van der Waals surface area contributed by atoms with E-state index in [-0.39, 0.29) is 36.6 Å². The summed E-state index contributed by atoms with van der Waals surface area (Å²) >= 11 is 0. The van der Waals surface area contributed by atoms with E-state index in [2.05, 4.69) is 21.9 Å². The number of hydrazine groups is 1. The molecule has 0 bridgehead atoms. The summed E-state index contributed by atoms with van der Waals surface area (Å²) in [5, 5.41) is 5.34. The third kappa shape index (κ3) is 10.8. The predicted molar refractivity (Wildman–Crippen MR) is 100 cm³/mol. The number of esters is 1. The zero-order valence-corrected chi connectivity index (χ0v) is 15.1. The number of H-pyrrole nitrogens is 2. The lowest BCUT2D eigenvalue weighted by atomic mass is 10.1. The predicted octanol–water partition coefficient (Wildman–Crippen LogP) is 0.908. The SMILES string of the molecule is C.CC(C)(C)OC(=O)CC(=O)C1CC1.NN.O.O=c1cc(C2CC2)[nH][nH]1. The number of aromatic nitrogens is 2.